The summed E-state index contributed by atoms with van der Waals surface area (Å²) in [6, 6.07) is 7.71. The number of aliphatic hydroxyl groups is 1. The molecule has 1 aromatic carbocycles. The Labute approximate surface area is 256 Å². The molecule has 0 spiro atoms. The van der Waals surface area contributed by atoms with E-state index in [4.69, 9.17) is 14.5 Å². The molecule has 0 saturated carbocycles. The van der Waals surface area contributed by atoms with Crippen molar-refractivity contribution in [3.05, 3.63) is 56.9 Å². The first-order valence-electron chi connectivity index (χ1n) is 14.8. The Kier molecular flexibility index (Phi) is 7.01. The third kappa shape index (κ3) is 4.51. The number of aryl methyl sites for hydroxylation is 1. The fraction of sp³-hybridized carbons (Fsp3) is 0.484. The van der Waals surface area contributed by atoms with Crippen molar-refractivity contribution >= 4 is 45.6 Å². The van der Waals surface area contributed by atoms with Crippen LogP contribution in [0.3, 0.4) is 0 Å². The molecule has 2 aromatic heterocycles. The zero-order chi connectivity index (χ0) is 29.2. The summed E-state index contributed by atoms with van der Waals surface area (Å²) < 4.78 is 10.7. The van der Waals surface area contributed by atoms with Crippen LogP contribution in [0.1, 0.15) is 61.3 Å². The molecule has 11 heteroatoms. The van der Waals surface area contributed by atoms with Gasteiger partial charge in [0.05, 0.1) is 29.0 Å². The zero-order valence-electron chi connectivity index (χ0n) is 23.5. The number of hydrogen-bond acceptors (Lipinski definition) is 8. The zero-order valence-corrected chi connectivity index (χ0v) is 25.7. The number of halogens is 1. The first-order chi connectivity index (χ1) is 20.3. The number of hydrogen-bond donors (Lipinski definition) is 1. The lowest BCUT2D eigenvalue weighted by Gasteiger charge is -2.39. The summed E-state index contributed by atoms with van der Waals surface area (Å²) in [4.78, 5) is 48.1. The van der Waals surface area contributed by atoms with Crippen LogP contribution in [0.25, 0.3) is 22.3 Å². The van der Waals surface area contributed by atoms with Crippen molar-refractivity contribution in [2.75, 3.05) is 26.2 Å². The number of piperidine rings is 2. The molecule has 0 aliphatic carbocycles. The van der Waals surface area contributed by atoms with Crippen molar-refractivity contribution in [2.45, 2.75) is 68.2 Å². The van der Waals surface area contributed by atoms with Crippen molar-refractivity contribution in [2.24, 2.45) is 0 Å². The molecule has 3 aromatic rings. The molecule has 2 saturated heterocycles. The van der Waals surface area contributed by atoms with E-state index in [1.54, 1.807) is 44.2 Å². The minimum Gasteiger partial charge on any atom is -0.458 e. The van der Waals surface area contributed by atoms with Gasteiger partial charge in [0.25, 0.3) is 5.56 Å². The van der Waals surface area contributed by atoms with Gasteiger partial charge in [0, 0.05) is 35.6 Å². The minimum atomic E-state index is -1.94. The topological polar surface area (TPSA) is 114 Å². The van der Waals surface area contributed by atoms with Gasteiger partial charge < -0.3 is 28.9 Å². The second kappa shape index (κ2) is 10.6. The summed E-state index contributed by atoms with van der Waals surface area (Å²) in [5.41, 5.74) is 4.12. The molecule has 7 rings (SSSR count). The monoisotopic (exact) mass is 684 g/mol. The summed E-state index contributed by atoms with van der Waals surface area (Å²) in [6.45, 7) is 5.93. The number of alkyl halides is 1. The van der Waals surface area contributed by atoms with Crippen LogP contribution in [-0.4, -0.2) is 68.7 Å². The number of benzene rings is 1. The number of esters is 1. The van der Waals surface area contributed by atoms with Crippen LogP contribution in [0.4, 0.5) is 4.79 Å². The fourth-order valence-electron chi connectivity index (χ4n) is 7.04. The summed E-state index contributed by atoms with van der Waals surface area (Å²) in [5.74, 6) is -0.316. The maximum absolute atomic E-state index is 13.5. The third-order valence-electron chi connectivity index (χ3n) is 9.30. The van der Waals surface area contributed by atoms with E-state index in [1.807, 2.05) is 19.1 Å². The Morgan fingerprint density at radius 2 is 1.88 bits per heavy atom. The number of nitrogens with zero attached hydrogens (tertiary/aromatic N) is 4. The lowest BCUT2D eigenvalue weighted by molar-refractivity contribution is -0.159. The van der Waals surface area contributed by atoms with Crippen LogP contribution in [0.15, 0.2) is 29.1 Å². The van der Waals surface area contributed by atoms with Crippen LogP contribution >= 0.6 is 22.6 Å². The second-order valence-electron chi connectivity index (χ2n) is 11.6. The number of likely N-dealkylation sites (tertiary alicyclic amines) is 2. The van der Waals surface area contributed by atoms with E-state index < -0.39 is 9.58 Å². The first kappa shape index (κ1) is 27.8. The number of cyclic esters (lactones) is 1. The SMILES string of the molecule is CCc1c2c(nc3ccc(OC(=O)N4CCC(N5CCCCC5)CC4)cc13)-c1cc3c(c(=O)n1C2)COC(=O)[C@]3(O)I. The summed E-state index contributed by atoms with van der Waals surface area (Å²) >= 11 is 1.62. The van der Waals surface area contributed by atoms with E-state index in [9.17, 15) is 19.5 Å². The minimum absolute atomic E-state index is 0.171. The smallest absolute Gasteiger partial charge is 0.415 e. The lowest BCUT2D eigenvalue weighted by Crippen LogP contribution is -2.48. The predicted molar refractivity (Wildman–Crippen MR) is 164 cm³/mol. The number of carbonyl (C=O) groups is 2. The normalized spacial score (nSPS) is 22.5. The van der Waals surface area contributed by atoms with Crippen LogP contribution in [0, 0.1) is 0 Å². The summed E-state index contributed by atoms with van der Waals surface area (Å²) in [5, 5.41) is 11.7. The molecule has 220 valence electrons. The van der Waals surface area contributed by atoms with Gasteiger partial charge in [-0.25, -0.2) is 14.6 Å². The number of amides is 1. The van der Waals surface area contributed by atoms with Crippen molar-refractivity contribution in [3.8, 4) is 17.1 Å². The molecule has 0 unspecified atom stereocenters. The van der Waals surface area contributed by atoms with Crippen LogP contribution in [-0.2, 0) is 32.7 Å². The number of rotatable bonds is 3. The number of fused-ring (bicyclic) bond motifs is 5. The molecule has 10 nitrogen and oxygen atoms in total. The van der Waals surface area contributed by atoms with Gasteiger partial charge in [0.15, 0.2) is 0 Å². The Bertz CT molecular complexity index is 1670. The maximum Gasteiger partial charge on any atom is 0.415 e. The van der Waals surface area contributed by atoms with E-state index in [2.05, 4.69) is 4.90 Å². The standard InChI is InChI=1S/C31H33IN4O6/c1-2-20-21-14-19(42-30(39)35-12-8-18(9-13-35)34-10-4-3-5-11-34)6-7-25(21)33-27-22(20)16-36-26(27)15-24-23(28(36)37)17-41-29(38)31(24,32)40/h6-7,14-15,18,40H,2-5,8-13,16-17H2,1H3/t31-/m0/s1. The molecular formula is C31H33IN4O6. The van der Waals surface area contributed by atoms with Crippen LogP contribution in [0.2, 0.25) is 0 Å². The fourth-order valence-corrected chi connectivity index (χ4v) is 7.68. The van der Waals surface area contributed by atoms with Gasteiger partial charge in [0.2, 0.25) is 3.61 Å². The van der Waals surface area contributed by atoms with Crippen molar-refractivity contribution in [1.29, 1.82) is 0 Å². The van der Waals surface area contributed by atoms with Crippen molar-refractivity contribution in [3.63, 3.8) is 0 Å². The van der Waals surface area contributed by atoms with E-state index in [-0.39, 0.29) is 29.4 Å². The maximum atomic E-state index is 13.5. The molecule has 0 radical (unpaired) electrons. The van der Waals surface area contributed by atoms with Crippen LogP contribution < -0.4 is 10.3 Å². The molecule has 1 amide bonds. The first-order valence-corrected chi connectivity index (χ1v) is 15.9. The Balaban J connectivity index is 1.16. The molecule has 2 fully saturated rings. The highest BCUT2D eigenvalue weighted by Gasteiger charge is 2.45. The lowest BCUT2D eigenvalue weighted by atomic mass is 9.97. The van der Waals surface area contributed by atoms with Gasteiger partial charge in [-0.1, -0.05) is 13.3 Å². The molecule has 4 aliphatic rings. The number of aromatic nitrogens is 2. The molecule has 4 aliphatic heterocycles. The van der Waals surface area contributed by atoms with Gasteiger partial charge in [-0.05, 0) is 97.6 Å². The van der Waals surface area contributed by atoms with E-state index in [0.29, 0.717) is 49.2 Å². The second-order valence-corrected chi connectivity index (χ2v) is 13.2. The van der Waals surface area contributed by atoms with Gasteiger partial charge in [-0.2, -0.15) is 0 Å². The average molecular weight is 685 g/mol. The number of ether oxygens (including phenoxy) is 2. The van der Waals surface area contributed by atoms with E-state index in [1.165, 1.54) is 32.4 Å². The van der Waals surface area contributed by atoms with Crippen molar-refractivity contribution < 1.29 is 24.2 Å². The molecule has 42 heavy (non-hydrogen) atoms. The predicted octanol–water partition coefficient (Wildman–Crippen LogP) is 4.07. The summed E-state index contributed by atoms with van der Waals surface area (Å²) in [6.07, 6.45) is 6.16. The van der Waals surface area contributed by atoms with Gasteiger partial charge in [-0.15, -0.1) is 0 Å². The Morgan fingerprint density at radius 3 is 2.62 bits per heavy atom. The number of pyridine rings is 2. The van der Waals surface area contributed by atoms with Gasteiger partial charge >= 0.3 is 12.1 Å². The third-order valence-corrected chi connectivity index (χ3v) is 10.3. The number of carbonyl (C=O) groups excluding carboxylic acids is 2. The molecule has 6 heterocycles. The van der Waals surface area contributed by atoms with Gasteiger partial charge in [0.1, 0.15) is 12.4 Å². The molecule has 0 bridgehead atoms. The van der Waals surface area contributed by atoms with Crippen molar-refractivity contribution in [1.82, 2.24) is 19.4 Å². The highest BCUT2D eigenvalue weighted by Crippen LogP contribution is 2.42. The molecule has 1 atom stereocenters. The Morgan fingerprint density at radius 1 is 1.12 bits per heavy atom. The van der Waals surface area contributed by atoms with E-state index >= 15 is 0 Å². The Hall–Kier alpha value is -3.03. The molecular weight excluding hydrogens is 651 g/mol. The quantitative estimate of drug-likeness (QED) is 0.195. The highest BCUT2D eigenvalue weighted by atomic mass is 127. The van der Waals surface area contributed by atoms with E-state index in [0.717, 1.165) is 34.9 Å². The van der Waals surface area contributed by atoms with Crippen LogP contribution in [0.5, 0.6) is 5.75 Å². The largest absolute Gasteiger partial charge is 0.458 e. The highest BCUT2D eigenvalue weighted by molar-refractivity contribution is 14.1. The summed E-state index contributed by atoms with van der Waals surface area (Å²) in [7, 11) is 0. The average Bonchev–Trinajstić information content (AvgIpc) is 3.37. The van der Waals surface area contributed by atoms with Gasteiger partial charge in [-0.3, -0.25) is 4.79 Å². The molecule has 1 N–H and O–H groups in total.